The molecule has 0 aliphatic carbocycles. The monoisotopic (exact) mass is 351 g/mol. The van der Waals surface area contributed by atoms with Gasteiger partial charge in [-0.2, -0.15) is 0 Å². The van der Waals surface area contributed by atoms with Crippen LogP contribution in [0.2, 0.25) is 0 Å². The molecule has 0 spiro atoms. The maximum Gasteiger partial charge on any atom is 0.242 e. The number of hydrogen-bond donors (Lipinski definition) is 0. The average Bonchev–Trinajstić information content (AvgIpc) is 3.11. The highest BCUT2D eigenvalue weighted by Crippen LogP contribution is 2.29. The summed E-state index contributed by atoms with van der Waals surface area (Å²) in [6.07, 6.45) is 1.03. The second-order valence-corrected chi connectivity index (χ2v) is 6.84. The van der Waals surface area contributed by atoms with Crippen molar-refractivity contribution in [2.75, 3.05) is 56.2 Å². The Kier molecular flexibility index (Phi) is 4.69. The number of amides is 1. The van der Waals surface area contributed by atoms with Gasteiger partial charge in [-0.1, -0.05) is 30.3 Å². The minimum absolute atomic E-state index is 0.223. The van der Waals surface area contributed by atoms with Gasteiger partial charge in [-0.05, 0) is 30.2 Å². The minimum Gasteiger partial charge on any atom is -0.495 e. The van der Waals surface area contributed by atoms with Crippen LogP contribution in [0.1, 0.15) is 5.56 Å². The fraction of sp³-hybridized carbons (Fsp3) is 0.381. The van der Waals surface area contributed by atoms with Gasteiger partial charge in [0.1, 0.15) is 5.75 Å². The van der Waals surface area contributed by atoms with Crippen LogP contribution in [-0.2, 0) is 11.2 Å². The third kappa shape index (κ3) is 3.21. The van der Waals surface area contributed by atoms with Crippen molar-refractivity contribution in [1.29, 1.82) is 0 Å². The van der Waals surface area contributed by atoms with Crippen LogP contribution in [-0.4, -0.2) is 57.2 Å². The molecule has 26 heavy (non-hydrogen) atoms. The smallest absolute Gasteiger partial charge is 0.242 e. The zero-order chi connectivity index (χ0) is 17.9. The Morgan fingerprint density at radius 1 is 0.923 bits per heavy atom. The number of methoxy groups -OCH3 is 1. The van der Waals surface area contributed by atoms with E-state index in [1.54, 1.807) is 7.11 Å². The van der Waals surface area contributed by atoms with Gasteiger partial charge in [-0.15, -0.1) is 0 Å². The van der Waals surface area contributed by atoms with Crippen LogP contribution in [0.15, 0.2) is 48.5 Å². The van der Waals surface area contributed by atoms with Crippen molar-refractivity contribution in [2.24, 2.45) is 0 Å². The lowest BCUT2D eigenvalue weighted by Crippen LogP contribution is -2.51. The highest BCUT2D eigenvalue weighted by Gasteiger charge is 2.26. The molecule has 0 aromatic heterocycles. The van der Waals surface area contributed by atoms with Gasteiger partial charge in [0.2, 0.25) is 5.91 Å². The van der Waals surface area contributed by atoms with E-state index in [2.05, 4.69) is 34.1 Å². The Hall–Kier alpha value is -2.69. The quantitative estimate of drug-likeness (QED) is 0.848. The van der Waals surface area contributed by atoms with Gasteiger partial charge in [0.25, 0.3) is 0 Å². The second kappa shape index (κ2) is 7.28. The Bertz CT molecular complexity index is 784. The molecule has 5 heteroatoms. The molecule has 0 radical (unpaired) electrons. The molecule has 1 saturated heterocycles. The summed E-state index contributed by atoms with van der Waals surface area (Å²) in [4.78, 5) is 19.3. The third-order valence-electron chi connectivity index (χ3n) is 5.37. The predicted molar refractivity (Wildman–Crippen MR) is 104 cm³/mol. The number of fused-ring (bicyclic) bond motifs is 1. The molecule has 2 aromatic rings. The molecule has 2 aromatic carbocycles. The lowest BCUT2D eigenvalue weighted by atomic mass is 10.2. The Morgan fingerprint density at radius 3 is 2.38 bits per heavy atom. The van der Waals surface area contributed by atoms with E-state index in [-0.39, 0.29) is 5.91 Å². The van der Waals surface area contributed by atoms with Gasteiger partial charge in [0, 0.05) is 38.4 Å². The molecule has 0 saturated carbocycles. The number of anilines is 2. The molecule has 1 amide bonds. The van der Waals surface area contributed by atoms with Crippen molar-refractivity contribution < 1.29 is 9.53 Å². The van der Waals surface area contributed by atoms with E-state index in [1.165, 1.54) is 11.3 Å². The van der Waals surface area contributed by atoms with Crippen LogP contribution in [0.25, 0.3) is 0 Å². The summed E-state index contributed by atoms with van der Waals surface area (Å²) >= 11 is 0. The number of carbonyl (C=O) groups excluding carboxylic acids is 1. The van der Waals surface area contributed by atoms with Gasteiger partial charge in [-0.25, -0.2) is 0 Å². The topological polar surface area (TPSA) is 36.0 Å². The first-order chi connectivity index (χ1) is 12.8. The number of piperazine rings is 1. The van der Waals surface area contributed by atoms with Crippen LogP contribution < -0.4 is 14.5 Å². The van der Waals surface area contributed by atoms with E-state index >= 15 is 0 Å². The maximum atomic E-state index is 12.8. The molecule has 0 atom stereocenters. The van der Waals surface area contributed by atoms with Gasteiger partial charge in [0.05, 0.1) is 19.3 Å². The number of hydrogen-bond acceptors (Lipinski definition) is 4. The summed E-state index contributed by atoms with van der Waals surface area (Å²) in [5.74, 6) is 1.11. The van der Waals surface area contributed by atoms with E-state index < -0.39 is 0 Å². The molecule has 4 rings (SSSR count). The number of para-hydroxylation sites is 3. The largest absolute Gasteiger partial charge is 0.495 e. The molecule has 0 N–H and O–H groups in total. The van der Waals surface area contributed by atoms with Gasteiger partial charge >= 0.3 is 0 Å². The Morgan fingerprint density at radius 2 is 1.62 bits per heavy atom. The summed E-state index contributed by atoms with van der Waals surface area (Å²) < 4.78 is 5.47. The normalized spacial score (nSPS) is 16.6. The van der Waals surface area contributed by atoms with Gasteiger partial charge < -0.3 is 19.4 Å². The number of carbonyl (C=O) groups is 1. The van der Waals surface area contributed by atoms with E-state index in [4.69, 9.17) is 4.74 Å². The van der Waals surface area contributed by atoms with Crippen LogP contribution >= 0.6 is 0 Å². The van der Waals surface area contributed by atoms with Crippen LogP contribution in [0, 0.1) is 0 Å². The summed E-state index contributed by atoms with van der Waals surface area (Å²) in [7, 11) is 1.70. The first-order valence-corrected chi connectivity index (χ1v) is 9.25. The summed E-state index contributed by atoms with van der Waals surface area (Å²) in [5, 5.41) is 0. The number of rotatable bonds is 4. The molecule has 2 aliphatic rings. The van der Waals surface area contributed by atoms with Crippen LogP contribution in [0.5, 0.6) is 5.75 Å². The molecule has 136 valence electrons. The van der Waals surface area contributed by atoms with Crippen molar-refractivity contribution in [1.82, 2.24) is 4.90 Å². The third-order valence-corrected chi connectivity index (χ3v) is 5.37. The van der Waals surface area contributed by atoms with Crippen LogP contribution in [0.4, 0.5) is 11.4 Å². The van der Waals surface area contributed by atoms with Crippen molar-refractivity contribution in [3.63, 3.8) is 0 Å². The summed E-state index contributed by atoms with van der Waals surface area (Å²) in [6.45, 7) is 4.60. The maximum absolute atomic E-state index is 12.8. The molecule has 5 nitrogen and oxygen atoms in total. The Balaban J connectivity index is 1.36. The molecular weight excluding hydrogens is 326 g/mol. The summed E-state index contributed by atoms with van der Waals surface area (Å²) in [6, 6.07) is 16.5. The molecule has 1 fully saturated rings. The van der Waals surface area contributed by atoms with Gasteiger partial charge in [-0.3, -0.25) is 4.79 Å². The van der Waals surface area contributed by atoms with E-state index in [0.717, 1.165) is 50.6 Å². The fourth-order valence-corrected chi connectivity index (χ4v) is 3.92. The van der Waals surface area contributed by atoms with Crippen molar-refractivity contribution in [3.05, 3.63) is 54.1 Å². The molecular formula is C21H25N3O2. The predicted octanol–water partition coefficient (Wildman–Crippen LogP) is 2.41. The minimum atomic E-state index is 0.223. The highest BCUT2D eigenvalue weighted by atomic mass is 16.5. The lowest BCUT2D eigenvalue weighted by Gasteiger charge is -2.37. The van der Waals surface area contributed by atoms with E-state index in [1.807, 2.05) is 29.2 Å². The molecule has 2 aliphatic heterocycles. The number of nitrogens with zero attached hydrogens (tertiary/aromatic N) is 3. The van der Waals surface area contributed by atoms with Crippen molar-refractivity contribution >= 4 is 17.3 Å². The molecule has 2 heterocycles. The van der Waals surface area contributed by atoms with E-state index in [0.29, 0.717) is 6.54 Å². The van der Waals surface area contributed by atoms with Crippen molar-refractivity contribution in [2.45, 2.75) is 6.42 Å². The van der Waals surface area contributed by atoms with Gasteiger partial charge in [0.15, 0.2) is 0 Å². The SMILES string of the molecule is COc1ccccc1N1CCN(C(=O)CN2CCc3ccccc32)CC1. The highest BCUT2D eigenvalue weighted by molar-refractivity contribution is 5.82. The Labute approximate surface area is 154 Å². The summed E-state index contributed by atoms with van der Waals surface area (Å²) in [5.41, 5.74) is 3.67. The number of ether oxygens (including phenoxy) is 1. The number of benzene rings is 2. The second-order valence-electron chi connectivity index (χ2n) is 6.84. The fourth-order valence-electron chi connectivity index (χ4n) is 3.92. The van der Waals surface area contributed by atoms with Crippen LogP contribution in [0.3, 0.4) is 0 Å². The standard InChI is InChI=1S/C21H25N3O2/c1-26-20-9-5-4-8-19(20)22-12-14-23(15-13-22)21(25)16-24-11-10-17-6-2-3-7-18(17)24/h2-9H,10-16H2,1H3. The first kappa shape index (κ1) is 16.8. The van der Waals surface area contributed by atoms with E-state index in [9.17, 15) is 4.79 Å². The zero-order valence-electron chi connectivity index (χ0n) is 15.2. The first-order valence-electron chi connectivity index (χ1n) is 9.25. The average molecular weight is 351 g/mol. The molecule has 0 bridgehead atoms. The molecule has 0 unspecified atom stereocenters. The lowest BCUT2D eigenvalue weighted by molar-refractivity contribution is -0.130. The van der Waals surface area contributed by atoms with Crippen molar-refractivity contribution in [3.8, 4) is 5.75 Å². The zero-order valence-corrected chi connectivity index (χ0v) is 15.2.